The Balaban J connectivity index is 1.86. The highest BCUT2D eigenvalue weighted by Gasteiger charge is 2.18. The number of nitrogens with zero attached hydrogens (tertiary/aromatic N) is 1. The molecule has 0 unspecified atom stereocenters. The number of carboxylic acids is 1. The van der Waals surface area contributed by atoms with E-state index in [0.29, 0.717) is 13.0 Å². The lowest BCUT2D eigenvalue weighted by molar-refractivity contribution is -0.137. The molecule has 8 heteroatoms. The van der Waals surface area contributed by atoms with Crippen molar-refractivity contribution in [3.05, 3.63) is 53.9 Å². The van der Waals surface area contributed by atoms with Crippen molar-refractivity contribution in [2.45, 2.75) is 43.9 Å². The van der Waals surface area contributed by atoms with Crippen LogP contribution in [-0.4, -0.2) is 35.9 Å². The number of aryl methyl sites for hydroxylation is 1. The van der Waals surface area contributed by atoms with Crippen LogP contribution in [-0.2, 0) is 14.8 Å². The van der Waals surface area contributed by atoms with E-state index in [-0.39, 0.29) is 22.8 Å². The van der Waals surface area contributed by atoms with Crippen molar-refractivity contribution in [3.8, 4) is 0 Å². The summed E-state index contributed by atoms with van der Waals surface area (Å²) in [7, 11) is -3.72. The number of unbranched alkanes of at least 4 members (excludes halogenated alkanes) is 3. The van der Waals surface area contributed by atoms with E-state index in [4.69, 9.17) is 5.11 Å². The third-order valence-corrected chi connectivity index (χ3v) is 5.78. The predicted octanol–water partition coefficient (Wildman–Crippen LogP) is 2.80. The topological polar surface area (TPSA) is 105 Å². The van der Waals surface area contributed by atoms with Gasteiger partial charge in [-0.2, -0.15) is 0 Å². The second-order valence-corrected chi connectivity index (χ2v) is 8.21. The summed E-state index contributed by atoms with van der Waals surface area (Å²) in [6.07, 6.45) is 5.82. The number of nitrogens with one attached hydrogen (secondary N) is 1. The molecule has 1 heterocycles. The standard InChI is InChI=1S/C19H24N2O5S/c1-15-7-9-17(10-8-15)27(25,26)21-13-11-16(14-21)19(24)20-12-5-3-2-4-6-18(22)23/h7-11,13-14H,2-6,12H2,1H3,(H,20,24)(H,22,23). The lowest BCUT2D eigenvalue weighted by Gasteiger charge is -2.06. The Morgan fingerprint density at radius 3 is 2.37 bits per heavy atom. The largest absolute Gasteiger partial charge is 0.481 e. The molecule has 0 radical (unpaired) electrons. The molecule has 2 N–H and O–H groups in total. The average molecular weight is 392 g/mol. The molecule has 0 atom stereocenters. The van der Waals surface area contributed by atoms with E-state index >= 15 is 0 Å². The van der Waals surface area contributed by atoms with Crippen LogP contribution in [0.1, 0.15) is 48.0 Å². The first-order valence-corrected chi connectivity index (χ1v) is 10.2. The molecule has 0 saturated heterocycles. The Bertz CT molecular complexity index is 885. The summed E-state index contributed by atoms with van der Waals surface area (Å²) in [6, 6.07) is 7.98. The van der Waals surface area contributed by atoms with Crippen molar-refractivity contribution in [2.24, 2.45) is 0 Å². The Hall–Kier alpha value is -2.61. The predicted molar refractivity (Wildman–Crippen MR) is 101 cm³/mol. The molecule has 1 aromatic heterocycles. The number of benzene rings is 1. The van der Waals surface area contributed by atoms with Crippen molar-refractivity contribution in [3.63, 3.8) is 0 Å². The van der Waals surface area contributed by atoms with Crippen LogP contribution in [0, 0.1) is 6.92 Å². The zero-order chi connectivity index (χ0) is 19.9. The van der Waals surface area contributed by atoms with Crippen LogP contribution in [0.3, 0.4) is 0 Å². The molecular weight excluding hydrogens is 368 g/mol. The number of rotatable bonds is 10. The van der Waals surface area contributed by atoms with Gasteiger partial charge in [-0.25, -0.2) is 12.4 Å². The smallest absolute Gasteiger partial charge is 0.303 e. The maximum atomic E-state index is 12.6. The fourth-order valence-electron chi connectivity index (χ4n) is 2.55. The minimum absolute atomic E-state index is 0.162. The summed E-state index contributed by atoms with van der Waals surface area (Å²) < 4.78 is 26.2. The Morgan fingerprint density at radius 2 is 1.70 bits per heavy atom. The number of aromatic nitrogens is 1. The number of amides is 1. The highest BCUT2D eigenvalue weighted by molar-refractivity contribution is 7.90. The Kier molecular flexibility index (Phi) is 7.18. The van der Waals surface area contributed by atoms with E-state index in [1.54, 1.807) is 12.1 Å². The highest BCUT2D eigenvalue weighted by Crippen LogP contribution is 2.16. The first-order valence-electron chi connectivity index (χ1n) is 8.81. The lowest BCUT2D eigenvalue weighted by Crippen LogP contribution is -2.24. The van der Waals surface area contributed by atoms with E-state index in [1.165, 1.54) is 30.6 Å². The zero-order valence-corrected chi connectivity index (χ0v) is 16.0. The van der Waals surface area contributed by atoms with Crippen LogP contribution < -0.4 is 5.32 Å². The molecule has 1 amide bonds. The van der Waals surface area contributed by atoms with Gasteiger partial charge in [-0.15, -0.1) is 0 Å². The van der Waals surface area contributed by atoms with E-state index in [2.05, 4.69) is 5.32 Å². The molecule has 0 saturated carbocycles. The highest BCUT2D eigenvalue weighted by atomic mass is 32.2. The summed E-state index contributed by atoms with van der Waals surface area (Å²) in [5, 5.41) is 11.3. The van der Waals surface area contributed by atoms with E-state index in [0.717, 1.165) is 28.8 Å². The fourth-order valence-corrected chi connectivity index (χ4v) is 3.75. The third-order valence-electron chi connectivity index (χ3n) is 4.13. The van der Waals surface area contributed by atoms with Crippen LogP contribution in [0.25, 0.3) is 0 Å². The first-order chi connectivity index (χ1) is 12.8. The normalized spacial score (nSPS) is 11.3. The average Bonchev–Trinajstić information content (AvgIpc) is 3.12. The summed E-state index contributed by atoms with van der Waals surface area (Å²) in [4.78, 5) is 22.7. The summed E-state index contributed by atoms with van der Waals surface area (Å²) >= 11 is 0. The second kappa shape index (κ2) is 9.36. The molecule has 0 fully saturated rings. The van der Waals surface area contributed by atoms with E-state index in [1.807, 2.05) is 6.92 Å². The minimum atomic E-state index is -3.72. The molecule has 0 aliphatic rings. The molecule has 146 valence electrons. The van der Waals surface area contributed by atoms with Crippen LogP contribution in [0.2, 0.25) is 0 Å². The molecule has 27 heavy (non-hydrogen) atoms. The van der Waals surface area contributed by atoms with Gasteiger partial charge in [0.2, 0.25) is 0 Å². The summed E-state index contributed by atoms with van der Waals surface area (Å²) in [6.45, 7) is 2.34. The van der Waals surface area contributed by atoms with Gasteiger partial charge in [-0.3, -0.25) is 9.59 Å². The van der Waals surface area contributed by atoms with E-state index in [9.17, 15) is 18.0 Å². The van der Waals surface area contributed by atoms with Crippen molar-refractivity contribution < 1.29 is 23.1 Å². The van der Waals surface area contributed by atoms with Crippen LogP contribution in [0.15, 0.2) is 47.6 Å². The number of hydrogen-bond acceptors (Lipinski definition) is 4. The van der Waals surface area contributed by atoms with Gasteiger partial charge in [-0.05, 0) is 38.0 Å². The van der Waals surface area contributed by atoms with Gasteiger partial charge >= 0.3 is 5.97 Å². The van der Waals surface area contributed by atoms with Crippen molar-refractivity contribution >= 4 is 21.9 Å². The quantitative estimate of drug-likeness (QED) is 0.605. The van der Waals surface area contributed by atoms with Gasteiger partial charge in [0.15, 0.2) is 0 Å². The molecule has 0 bridgehead atoms. The SMILES string of the molecule is Cc1ccc(S(=O)(=O)n2ccc(C(=O)NCCCCCCC(=O)O)c2)cc1. The zero-order valence-electron chi connectivity index (χ0n) is 15.2. The molecule has 7 nitrogen and oxygen atoms in total. The molecule has 1 aromatic carbocycles. The number of carbonyl (C=O) groups is 2. The van der Waals surface area contributed by atoms with Crippen LogP contribution >= 0.6 is 0 Å². The van der Waals surface area contributed by atoms with Gasteiger partial charge in [0.1, 0.15) is 0 Å². The number of aliphatic carboxylic acids is 1. The molecule has 0 aliphatic carbocycles. The third kappa shape index (κ3) is 5.96. The number of carboxylic acid groups (broad SMARTS) is 1. The molecule has 2 aromatic rings. The van der Waals surface area contributed by atoms with Gasteiger partial charge in [0.05, 0.1) is 10.5 Å². The molecular formula is C19H24N2O5S. The van der Waals surface area contributed by atoms with Crippen LogP contribution in [0.4, 0.5) is 0 Å². The minimum Gasteiger partial charge on any atom is -0.481 e. The molecule has 0 spiro atoms. The maximum Gasteiger partial charge on any atom is 0.303 e. The summed E-state index contributed by atoms with van der Waals surface area (Å²) in [5.41, 5.74) is 1.24. The van der Waals surface area contributed by atoms with Gasteiger partial charge < -0.3 is 10.4 Å². The lowest BCUT2D eigenvalue weighted by atomic mass is 10.1. The maximum absolute atomic E-state index is 12.6. The molecule has 2 rings (SSSR count). The summed E-state index contributed by atoms with van der Waals surface area (Å²) in [5.74, 6) is -1.13. The van der Waals surface area contributed by atoms with Gasteiger partial charge in [0, 0.05) is 25.4 Å². The van der Waals surface area contributed by atoms with Gasteiger partial charge in [0.25, 0.3) is 15.9 Å². The second-order valence-electron chi connectivity index (χ2n) is 6.36. The fraction of sp³-hybridized carbons (Fsp3) is 0.368. The molecule has 0 aliphatic heterocycles. The number of carbonyl (C=O) groups excluding carboxylic acids is 1. The van der Waals surface area contributed by atoms with E-state index < -0.39 is 16.0 Å². The Morgan fingerprint density at radius 1 is 1.04 bits per heavy atom. The first kappa shape index (κ1) is 20.7. The monoisotopic (exact) mass is 392 g/mol. The van der Waals surface area contributed by atoms with Crippen molar-refractivity contribution in [1.82, 2.24) is 9.29 Å². The van der Waals surface area contributed by atoms with Crippen molar-refractivity contribution in [2.75, 3.05) is 6.54 Å². The Labute approximate surface area is 159 Å². The van der Waals surface area contributed by atoms with Crippen LogP contribution in [0.5, 0.6) is 0 Å². The van der Waals surface area contributed by atoms with Crippen molar-refractivity contribution in [1.29, 1.82) is 0 Å². The number of hydrogen-bond donors (Lipinski definition) is 2. The van der Waals surface area contributed by atoms with Gasteiger partial charge in [-0.1, -0.05) is 30.5 Å².